The van der Waals surface area contributed by atoms with Gasteiger partial charge in [0.1, 0.15) is 0 Å². The van der Waals surface area contributed by atoms with Crippen molar-refractivity contribution in [3.8, 4) is 0 Å². The Morgan fingerprint density at radius 3 is 2.10 bits per heavy atom. The zero-order valence-corrected chi connectivity index (χ0v) is 13.2. The van der Waals surface area contributed by atoms with Gasteiger partial charge in [0.2, 0.25) is 0 Å². The molecule has 2 amide bonds. The van der Waals surface area contributed by atoms with E-state index in [1.807, 2.05) is 27.7 Å². The fraction of sp³-hybridized carbons (Fsp3) is 0.857. The second-order valence-electron chi connectivity index (χ2n) is 6.51. The lowest BCUT2D eigenvalue weighted by Crippen LogP contribution is -2.46. The molecule has 7 nitrogen and oxygen atoms in total. The average molecular weight is 304 g/mol. The molecule has 0 aliphatic carbocycles. The Balaban J connectivity index is 4.68. The minimum absolute atomic E-state index is 0.0613. The zero-order chi connectivity index (χ0) is 16.6. The van der Waals surface area contributed by atoms with Gasteiger partial charge in [-0.3, -0.25) is 0 Å². The first-order valence-electron chi connectivity index (χ1n) is 7.16. The first kappa shape index (κ1) is 19.5. The molecule has 2 atom stereocenters. The predicted molar refractivity (Wildman–Crippen MR) is 79.4 cm³/mol. The topological polar surface area (TPSA) is 119 Å². The second kappa shape index (κ2) is 8.71. The van der Waals surface area contributed by atoms with Gasteiger partial charge in [0.25, 0.3) is 0 Å². The van der Waals surface area contributed by atoms with Gasteiger partial charge in [-0.15, -0.1) is 0 Å². The van der Waals surface area contributed by atoms with Crippen LogP contribution in [-0.2, 0) is 0 Å². The first-order valence-corrected chi connectivity index (χ1v) is 7.16. The van der Waals surface area contributed by atoms with Crippen LogP contribution >= 0.6 is 0 Å². The molecule has 0 aromatic rings. The highest BCUT2D eigenvalue weighted by Crippen LogP contribution is 2.32. The summed E-state index contributed by atoms with van der Waals surface area (Å²) in [6, 6.07) is -0.334. The van der Waals surface area contributed by atoms with Crippen molar-refractivity contribution in [3.63, 3.8) is 0 Å². The molecule has 21 heavy (non-hydrogen) atoms. The van der Waals surface area contributed by atoms with E-state index >= 15 is 0 Å². The van der Waals surface area contributed by atoms with Crippen LogP contribution in [0.3, 0.4) is 0 Å². The summed E-state index contributed by atoms with van der Waals surface area (Å²) in [4.78, 5) is 21.3. The number of nitrogens with one attached hydrogen (secondary N) is 2. The Morgan fingerprint density at radius 1 is 1.14 bits per heavy atom. The predicted octanol–water partition coefficient (Wildman–Crippen LogP) is 1.96. The Morgan fingerprint density at radius 2 is 1.71 bits per heavy atom. The molecule has 0 saturated carbocycles. The Kier molecular flexibility index (Phi) is 8.09. The van der Waals surface area contributed by atoms with E-state index in [4.69, 9.17) is 10.2 Å². The molecule has 0 fully saturated rings. The van der Waals surface area contributed by atoms with Gasteiger partial charge in [-0.25, -0.2) is 9.59 Å². The lowest BCUT2D eigenvalue weighted by Gasteiger charge is -2.35. The molecule has 0 spiro atoms. The van der Waals surface area contributed by atoms with Crippen molar-refractivity contribution >= 4 is 12.2 Å². The SMILES string of the molecule is CC(C)[C@@H](NC(=O)O)C(CO)CC(C)(C)CCNC(=O)O. The molecule has 0 aliphatic rings. The molecule has 124 valence electrons. The quantitative estimate of drug-likeness (QED) is 0.446. The van der Waals surface area contributed by atoms with E-state index in [0.717, 1.165) is 0 Å². The Labute approximate surface area is 125 Å². The van der Waals surface area contributed by atoms with Gasteiger partial charge in [0.15, 0.2) is 0 Å². The molecule has 1 unspecified atom stereocenters. The first-order chi connectivity index (χ1) is 9.59. The summed E-state index contributed by atoms with van der Waals surface area (Å²) < 4.78 is 0. The molecule has 0 radical (unpaired) electrons. The molecule has 0 saturated heterocycles. The minimum Gasteiger partial charge on any atom is -0.465 e. The monoisotopic (exact) mass is 304 g/mol. The maximum atomic E-state index is 10.9. The van der Waals surface area contributed by atoms with Gasteiger partial charge in [-0.1, -0.05) is 27.7 Å². The largest absolute Gasteiger partial charge is 0.465 e. The van der Waals surface area contributed by atoms with Crippen LogP contribution in [0.2, 0.25) is 0 Å². The molecular weight excluding hydrogens is 276 g/mol. The maximum Gasteiger partial charge on any atom is 0.404 e. The van der Waals surface area contributed by atoms with Crippen LogP contribution in [0, 0.1) is 17.3 Å². The smallest absolute Gasteiger partial charge is 0.404 e. The van der Waals surface area contributed by atoms with Crippen LogP contribution < -0.4 is 10.6 Å². The minimum atomic E-state index is -1.10. The summed E-state index contributed by atoms with van der Waals surface area (Å²) in [7, 11) is 0. The highest BCUT2D eigenvalue weighted by molar-refractivity contribution is 5.65. The molecule has 0 aliphatic heterocycles. The van der Waals surface area contributed by atoms with Crippen LogP contribution in [-0.4, -0.2) is 46.7 Å². The van der Waals surface area contributed by atoms with Crippen LogP contribution in [0.1, 0.15) is 40.5 Å². The summed E-state index contributed by atoms with van der Waals surface area (Å²) in [5, 5.41) is 31.9. The molecule has 0 heterocycles. The molecule has 0 aromatic carbocycles. The van der Waals surface area contributed by atoms with Crippen molar-refractivity contribution < 1.29 is 24.9 Å². The number of rotatable bonds is 9. The Bertz CT molecular complexity index is 344. The fourth-order valence-electron chi connectivity index (χ4n) is 2.60. The van der Waals surface area contributed by atoms with Crippen molar-refractivity contribution in [2.24, 2.45) is 17.3 Å². The van der Waals surface area contributed by atoms with E-state index in [1.54, 1.807) is 0 Å². The van der Waals surface area contributed by atoms with Gasteiger partial charge < -0.3 is 26.0 Å². The van der Waals surface area contributed by atoms with Gasteiger partial charge in [0, 0.05) is 25.1 Å². The van der Waals surface area contributed by atoms with E-state index in [2.05, 4.69) is 10.6 Å². The van der Waals surface area contributed by atoms with Crippen molar-refractivity contribution in [1.29, 1.82) is 0 Å². The molecule has 0 bridgehead atoms. The third-order valence-electron chi connectivity index (χ3n) is 3.64. The van der Waals surface area contributed by atoms with Crippen LogP contribution in [0.5, 0.6) is 0 Å². The number of carboxylic acid groups (broad SMARTS) is 2. The van der Waals surface area contributed by atoms with E-state index in [1.165, 1.54) is 0 Å². The van der Waals surface area contributed by atoms with Crippen LogP contribution in [0.4, 0.5) is 9.59 Å². The summed E-state index contributed by atoms with van der Waals surface area (Å²) in [5.74, 6) is -0.146. The second-order valence-corrected chi connectivity index (χ2v) is 6.51. The van der Waals surface area contributed by atoms with E-state index in [-0.39, 0.29) is 29.9 Å². The number of carbonyl (C=O) groups is 2. The summed E-state index contributed by atoms with van der Waals surface area (Å²) in [5.41, 5.74) is -0.205. The lowest BCUT2D eigenvalue weighted by molar-refractivity contribution is 0.109. The lowest BCUT2D eigenvalue weighted by atomic mass is 9.75. The molecule has 5 N–H and O–H groups in total. The number of aliphatic hydroxyl groups excluding tert-OH is 1. The summed E-state index contributed by atoms with van der Waals surface area (Å²) in [6.45, 7) is 8.00. The fourth-order valence-corrected chi connectivity index (χ4v) is 2.60. The zero-order valence-electron chi connectivity index (χ0n) is 13.2. The summed E-state index contributed by atoms with van der Waals surface area (Å²) in [6.07, 6.45) is -0.934. The van der Waals surface area contributed by atoms with Gasteiger partial charge in [-0.2, -0.15) is 0 Å². The molecule has 0 aromatic heterocycles. The van der Waals surface area contributed by atoms with Crippen molar-refractivity contribution in [1.82, 2.24) is 10.6 Å². The normalized spacial score (nSPS) is 14.6. The van der Waals surface area contributed by atoms with E-state index < -0.39 is 12.2 Å². The van der Waals surface area contributed by atoms with Crippen molar-refractivity contribution in [3.05, 3.63) is 0 Å². The average Bonchev–Trinajstić information content (AvgIpc) is 2.32. The number of hydrogen-bond donors (Lipinski definition) is 5. The standard InChI is InChI=1S/C14H28N2O5/c1-9(2)11(16-13(20)21)10(8-17)7-14(3,4)5-6-15-12(18)19/h9-11,15-17H,5-8H2,1-4H3,(H,18,19)(H,20,21)/t10?,11-/m1/s1. The summed E-state index contributed by atoms with van der Waals surface area (Å²) >= 11 is 0. The van der Waals surface area contributed by atoms with Crippen molar-refractivity contribution in [2.75, 3.05) is 13.2 Å². The van der Waals surface area contributed by atoms with E-state index in [0.29, 0.717) is 19.4 Å². The van der Waals surface area contributed by atoms with Gasteiger partial charge >= 0.3 is 12.2 Å². The third-order valence-corrected chi connectivity index (χ3v) is 3.64. The van der Waals surface area contributed by atoms with Gasteiger partial charge in [-0.05, 0) is 24.2 Å². The number of hydrogen-bond acceptors (Lipinski definition) is 3. The van der Waals surface area contributed by atoms with Crippen molar-refractivity contribution in [2.45, 2.75) is 46.6 Å². The maximum absolute atomic E-state index is 10.9. The third kappa shape index (κ3) is 8.39. The van der Waals surface area contributed by atoms with E-state index in [9.17, 15) is 14.7 Å². The Hall–Kier alpha value is -1.50. The molecule has 0 rings (SSSR count). The van der Waals surface area contributed by atoms with Crippen LogP contribution in [0.15, 0.2) is 0 Å². The molecular formula is C14H28N2O5. The highest BCUT2D eigenvalue weighted by Gasteiger charge is 2.31. The molecule has 7 heteroatoms. The number of aliphatic hydroxyl groups is 1. The van der Waals surface area contributed by atoms with Gasteiger partial charge in [0.05, 0.1) is 0 Å². The highest BCUT2D eigenvalue weighted by atomic mass is 16.4. The number of amides is 2. The van der Waals surface area contributed by atoms with Crippen LogP contribution in [0.25, 0.3) is 0 Å².